The number of likely N-dealkylation sites (tertiary alicyclic amines) is 1. The van der Waals surface area contributed by atoms with Crippen LogP contribution in [0.3, 0.4) is 0 Å². The van der Waals surface area contributed by atoms with Gasteiger partial charge < -0.3 is 9.73 Å². The molecular weight excluding hydrogens is 422 g/mol. The largest absolute Gasteiger partial charge is 0.441 e. The topological polar surface area (TPSA) is 58.4 Å². The van der Waals surface area contributed by atoms with Crippen LogP contribution in [0.25, 0.3) is 11.5 Å². The molecule has 168 valence electrons. The summed E-state index contributed by atoms with van der Waals surface area (Å²) < 4.78 is 5.96. The van der Waals surface area contributed by atoms with E-state index in [1.54, 1.807) is 0 Å². The van der Waals surface area contributed by atoms with Gasteiger partial charge >= 0.3 is 0 Å². The molecule has 0 spiro atoms. The molecule has 1 N–H and O–H groups in total. The van der Waals surface area contributed by atoms with Gasteiger partial charge in [0.15, 0.2) is 0 Å². The Labute approximate surface area is 194 Å². The lowest BCUT2D eigenvalue weighted by Gasteiger charge is -2.31. The highest BCUT2D eigenvalue weighted by molar-refractivity contribution is 6.30. The lowest BCUT2D eigenvalue weighted by molar-refractivity contribution is -0.127. The summed E-state index contributed by atoms with van der Waals surface area (Å²) in [5, 5.41) is 3.78. The number of carbonyl (C=O) groups is 1. The third-order valence-electron chi connectivity index (χ3n) is 6.13. The SMILES string of the molecule is CCc1ccc(-c2nc(CN3CCC[C@@H](C(=O)NCc4ccc(Cl)cc4)C3)c(C)o2)cc1. The van der Waals surface area contributed by atoms with Crippen LogP contribution in [0.15, 0.2) is 52.9 Å². The molecule has 0 unspecified atom stereocenters. The number of benzene rings is 2. The molecule has 2 heterocycles. The van der Waals surface area contributed by atoms with Crippen molar-refractivity contribution in [3.63, 3.8) is 0 Å². The second-order valence-corrected chi connectivity index (χ2v) is 8.93. The predicted octanol–water partition coefficient (Wildman–Crippen LogP) is 5.39. The highest BCUT2D eigenvalue weighted by Gasteiger charge is 2.27. The summed E-state index contributed by atoms with van der Waals surface area (Å²) in [5.74, 6) is 1.60. The van der Waals surface area contributed by atoms with Crippen LogP contribution < -0.4 is 5.32 Å². The number of hydrogen-bond donors (Lipinski definition) is 1. The van der Waals surface area contributed by atoms with Crippen molar-refractivity contribution < 1.29 is 9.21 Å². The van der Waals surface area contributed by atoms with E-state index in [1.165, 1.54) is 5.56 Å². The molecule has 3 aromatic rings. The second-order valence-electron chi connectivity index (χ2n) is 8.49. The number of oxazole rings is 1. The maximum absolute atomic E-state index is 12.7. The summed E-state index contributed by atoms with van der Waals surface area (Å²) in [5.41, 5.74) is 4.29. The van der Waals surface area contributed by atoms with Crippen molar-refractivity contribution in [2.24, 2.45) is 5.92 Å². The van der Waals surface area contributed by atoms with Gasteiger partial charge in [0.05, 0.1) is 11.6 Å². The average molecular weight is 452 g/mol. The van der Waals surface area contributed by atoms with Crippen LogP contribution in [0.1, 0.15) is 42.3 Å². The van der Waals surface area contributed by atoms with Gasteiger partial charge in [-0.05, 0) is 68.1 Å². The van der Waals surface area contributed by atoms with Crippen LogP contribution in [0.4, 0.5) is 0 Å². The number of hydrogen-bond acceptors (Lipinski definition) is 4. The molecule has 1 fully saturated rings. The van der Waals surface area contributed by atoms with E-state index < -0.39 is 0 Å². The summed E-state index contributed by atoms with van der Waals surface area (Å²) in [6, 6.07) is 15.9. The zero-order valence-electron chi connectivity index (χ0n) is 18.7. The van der Waals surface area contributed by atoms with E-state index in [4.69, 9.17) is 21.0 Å². The van der Waals surface area contributed by atoms with Gasteiger partial charge in [0.25, 0.3) is 0 Å². The quantitative estimate of drug-likeness (QED) is 0.523. The Morgan fingerprint density at radius 2 is 1.88 bits per heavy atom. The third-order valence-corrected chi connectivity index (χ3v) is 6.38. The molecule has 6 heteroatoms. The average Bonchev–Trinajstić information content (AvgIpc) is 3.18. The normalized spacial score (nSPS) is 16.8. The van der Waals surface area contributed by atoms with Crippen LogP contribution in [0.5, 0.6) is 0 Å². The van der Waals surface area contributed by atoms with Crippen LogP contribution in [-0.2, 0) is 24.3 Å². The molecule has 1 aliphatic rings. The Hall–Kier alpha value is -2.63. The molecule has 1 amide bonds. The van der Waals surface area contributed by atoms with Gasteiger partial charge in [-0.15, -0.1) is 0 Å². The van der Waals surface area contributed by atoms with Gasteiger partial charge in [0.2, 0.25) is 11.8 Å². The fourth-order valence-corrected chi connectivity index (χ4v) is 4.27. The predicted molar refractivity (Wildman–Crippen MR) is 127 cm³/mol. The fraction of sp³-hybridized carbons (Fsp3) is 0.385. The first-order valence-corrected chi connectivity index (χ1v) is 11.7. The van der Waals surface area contributed by atoms with Crippen molar-refractivity contribution in [1.82, 2.24) is 15.2 Å². The highest BCUT2D eigenvalue weighted by atomic mass is 35.5. The monoisotopic (exact) mass is 451 g/mol. The number of aromatic nitrogens is 1. The maximum Gasteiger partial charge on any atom is 0.226 e. The van der Waals surface area contributed by atoms with E-state index in [-0.39, 0.29) is 11.8 Å². The van der Waals surface area contributed by atoms with Gasteiger partial charge in [-0.2, -0.15) is 0 Å². The van der Waals surface area contributed by atoms with Crippen LogP contribution in [-0.4, -0.2) is 28.9 Å². The zero-order valence-corrected chi connectivity index (χ0v) is 19.5. The van der Waals surface area contributed by atoms with Crippen molar-refractivity contribution in [3.8, 4) is 11.5 Å². The molecule has 2 aromatic carbocycles. The Morgan fingerprint density at radius 3 is 2.59 bits per heavy atom. The van der Waals surface area contributed by atoms with Gasteiger partial charge in [-0.1, -0.05) is 42.8 Å². The van der Waals surface area contributed by atoms with Gasteiger partial charge in [-0.3, -0.25) is 9.69 Å². The number of rotatable bonds is 7. The van der Waals surface area contributed by atoms with Crippen LogP contribution >= 0.6 is 11.6 Å². The van der Waals surface area contributed by atoms with Crippen molar-refractivity contribution in [2.45, 2.75) is 46.2 Å². The minimum atomic E-state index is -0.00989. The summed E-state index contributed by atoms with van der Waals surface area (Å²) in [6.07, 6.45) is 2.93. The summed E-state index contributed by atoms with van der Waals surface area (Å²) in [7, 11) is 0. The molecule has 1 aromatic heterocycles. The number of piperidine rings is 1. The van der Waals surface area contributed by atoms with Gasteiger partial charge in [0, 0.05) is 30.2 Å². The van der Waals surface area contributed by atoms with E-state index >= 15 is 0 Å². The second kappa shape index (κ2) is 10.3. The number of nitrogens with one attached hydrogen (secondary N) is 1. The van der Waals surface area contributed by atoms with E-state index in [1.807, 2.05) is 31.2 Å². The molecule has 4 rings (SSSR count). The van der Waals surface area contributed by atoms with Crippen LogP contribution in [0.2, 0.25) is 5.02 Å². The van der Waals surface area contributed by atoms with Crippen molar-refractivity contribution >= 4 is 17.5 Å². The van der Waals surface area contributed by atoms with Crippen molar-refractivity contribution in [3.05, 3.63) is 76.1 Å². The highest BCUT2D eigenvalue weighted by Crippen LogP contribution is 2.25. The number of carbonyl (C=O) groups excluding carboxylic acids is 1. The Bertz CT molecular complexity index is 1040. The van der Waals surface area contributed by atoms with Gasteiger partial charge in [0.1, 0.15) is 5.76 Å². The smallest absolute Gasteiger partial charge is 0.226 e. The minimum Gasteiger partial charge on any atom is -0.441 e. The third kappa shape index (κ3) is 5.59. The molecule has 0 bridgehead atoms. The lowest BCUT2D eigenvalue weighted by atomic mass is 9.97. The van der Waals surface area contributed by atoms with Crippen molar-refractivity contribution in [1.29, 1.82) is 0 Å². The number of nitrogens with zero attached hydrogens (tertiary/aromatic N) is 2. The molecule has 5 nitrogen and oxygen atoms in total. The number of amides is 1. The van der Waals surface area contributed by atoms with E-state index in [0.29, 0.717) is 24.0 Å². The molecule has 32 heavy (non-hydrogen) atoms. The first kappa shape index (κ1) is 22.6. The van der Waals surface area contributed by atoms with E-state index in [0.717, 1.165) is 54.9 Å². The first-order valence-electron chi connectivity index (χ1n) is 11.3. The maximum atomic E-state index is 12.7. The molecule has 1 saturated heterocycles. The molecule has 1 atom stereocenters. The van der Waals surface area contributed by atoms with Crippen molar-refractivity contribution in [2.75, 3.05) is 13.1 Å². The zero-order chi connectivity index (χ0) is 22.5. The Balaban J connectivity index is 1.34. The number of aryl methyl sites for hydroxylation is 2. The molecule has 0 saturated carbocycles. The molecule has 0 radical (unpaired) electrons. The molecule has 1 aliphatic heterocycles. The minimum absolute atomic E-state index is 0.00989. The Morgan fingerprint density at radius 1 is 1.16 bits per heavy atom. The van der Waals surface area contributed by atoms with E-state index in [2.05, 4.69) is 41.4 Å². The fourth-order valence-electron chi connectivity index (χ4n) is 4.14. The summed E-state index contributed by atoms with van der Waals surface area (Å²) >= 11 is 5.93. The standard InChI is InChI=1S/C26H30ClN3O2/c1-3-19-6-10-21(11-7-19)26-29-24(18(2)32-26)17-30-14-4-5-22(16-30)25(31)28-15-20-8-12-23(27)13-9-20/h6-13,22H,3-5,14-17H2,1-2H3,(H,28,31)/t22-/m1/s1. The Kier molecular flexibility index (Phi) is 7.28. The van der Waals surface area contributed by atoms with E-state index in [9.17, 15) is 4.79 Å². The molecular formula is C26H30ClN3O2. The number of halogens is 1. The first-order chi connectivity index (χ1) is 15.5. The summed E-state index contributed by atoms with van der Waals surface area (Å²) in [4.78, 5) is 19.8. The molecule has 0 aliphatic carbocycles. The van der Waals surface area contributed by atoms with Gasteiger partial charge in [-0.25, -0.2) is 4.98 Å². The summed E-state index contributed by atoms with van der Waals surface area (Å²) in [6.45, 7) is 7.03. The van der Waals surface area contributed by atoms with Crippen LogP contribution in [0, 0.1) is 12.8 Å². The lowest BCUT2D eigenvalue weighted by Crippen LogP contribution is -2.42.